The first-order valence-corrected chi connectivity index (χ1v) is 4.85. The van der Waals surface area contributed by atoms with E-state index in [1.807, 2.05) is 0 Å². The molecule has 0 aliphatic carbocycles. The summed E-state index contributed by atoms with van der Waals surface area (Å²) in [5.74, 6) is 0.202. The number of rotatable bonds is 3. The number of hydrogen-bond donors (Lipinski definition) is 2. The predicted octanol–water partition coefficient (Wildman–Crippen LogP) is 1.44. The summed E-state index contributed by atoms with van der Waals surface area (Å²) in [5, 5.41) is 3.00. The molecule has 1 aromatic carbocycles. The lowest BCUT2D eigenvalue weighted by Gasteiger charge is -2.14. The summed E-state index contributed by atoms with van der Waals surface area (Å²) in [6.07, 6.45) is -0.601. The molecule has 0 saturated carbocycles. The Hall–Kier alpha value is -1.42. The van der Waals surface area contributed by atoms with Gasteiger partial charge in [0.15, 0.2) is 6.10 Å². The van der Waals surface area contributed by atoms with Crippen LogP contribution in [0.25, 0.3) is 0 Å². The minimum Gasteiger partial charge on any atom is -0.479 e. The van der Waals surface area contributed by atoms with E-state index in [-0.39, 0.29) is 5.91 Å². The Morgan fingerprint density at radius 2 is 2.27 bits per heavy atom. The van der Waals surface area contributed by atoms with Crippen LogP contribution in [0.1, 0.15) is 6.92 Å². The van der Waals surface area contributed by atoms with Gasteiger partial charge in [-0.1, -0.05) is 11.6 Å². The third-order valence-electron chi connectivity index (χ3n) is 1.89. The van der Waals surface area contributed by atoms with Crippen LogP contribution in [-0.2, 0) is 4.79 Å². The Morgan fingerprint density at radius 1 is 1.60 bits per heavy atom. The lowest BCUT2D eigenvalue weighted by Crippen LogP contribution is -2.33. The van der Waals surface area contributed by atoms with E-state index in [0.717, 1.165) is 0 Å². The van der Waals surface area contributed by atoms with Gasteiger partial charge >= 0.3 is 0 Å². The number of carbonyl (C=O) groups is 1. The third kappa shape index (κ3) is 3.02. The smallest absolute Gasteiger partial charge is 0.260 e. The molecule has 0 aliphatic rings. The van der Waals surface area contributed by atoms with Crippen molar-refractivity contribution in [3.05, 3.63) is 23.2 Å². The van der Waals surface area contributed by atoms with E-state index in [0.29, 0.717) is 16.5 Å². The van der Waals surface area contributed by atoms with Crippen LogP contribution in [0.2, 0.25) is 5.02 Å². The number of ether oxygens (including phenoxy) is 1. The number of nitrogen functional groups attached to an aromatic ring is 1. The Bertz CT molecular complexity index is 368. The maximum atomic E-state index is 11.2. The Labute approximate surface area is 93.4 Å². The zero-order valence-corrected chi connectivity index (χ0v) is 9.34. The highest BCUT2D eigenvalue weighted by Crippen LogP contribution is 2.26. The Kier molecular flexibility index (Phi) is 3.80. The molecule has 1 aromatic rings. The Balaban J connectivity index is 2.80. The number of halogens is 1. The summed E-state index contributed by atoms with van der Waals surface area (Å²) in [6.45, 7) is 1.64. The number of hydrogen-bond acceptors (Lipinski definition) is 3. The molecule has 5 heteroatoms. The summed E-state index contributed by atoms with van der Waals surface area (Å²) < 4.78 is 5.36. The van der Waals surface area contributed by atoms with Gasteiger partial charge < -0.3 is 15.8 Å². The van der Waals surface area contributed by atoms with Crippen molar-refractivity contribution in [1.29, 1.82) is 0 Å². The summed E-state index contributed by atoms with van der Waals surface area (Å²) in [5.41, 5.74) is 6.12. The highest BCUT2D eigenvalue weighted by molar-refractivity contribution is 6.30. The zero-order chi connectivity index (χ0) is 11.4. The fourth-order valence-electron chi connectivity index (χ4n) is 1.06. The van der Waals surface area contributed by atoms with Gasteiger partial charge in [-0.15, -0.1) is 0 Å². The molecule has 3 N–H and O–H groups in total. The number of carbonyl (C=O) groups excluding carboxylic acids is 1. The molecule has 0 heterocycles. The van der Waals surface area contributed by atoms with E-state index in [2.05, 4.69) is 5.32 Å². The number of nitrogens with two attached hydrogens (primary N) is 1. The number of benzene rings is 1. The van der Waals surface area contributed by atoms with Crippen LogP contribution < -0.4 is 15.8 Å². The van der Waals surface area contributed by atoms with Gasteiger partial charge in [-0.2, -0.15) is 0 Å². The molecule has 0 aromatic heterocycles. The predicted molar refractivity (Wildman–Crippen MR) is 60.0 cm³/mol. The largest absolute Gasteiger partial charge is 0.479 e. The summed E-state index contributed by atoms with van der Waals surface area (Å²) >= 11 is 5.78. The lowest BCUT2D eigenvalue weighted by molar-refractivity contribution is -0.126. The SMILES string of the molecule is CNC(=O)C(C)Oc1cc(Cl)ccc1N. The first-order valence-electron chi connectivity index (χ1n) is 4.48. The second-order valence-corrected chi connectivity index (χ2v) is 3.49. The van der Waals surface area contributed by atoms with E-state index in [9.17, 15) is 4.79 Å². The minimum absolute atomic E-state index is 0.214. The van der Waals surface area contributed by atoms with E-state index < -0.39 is 6.10 Å². The number of likely N-dealkylation sites (N-methyl/N-ethyl adjacent to an activating group) is 1. The van der Waals surface area contributed by atoms with Gasteiger partial charge in [-0.05, 0) is 19.1 Å². The topological polar surface area (TPSA) is 64.3 Å². The van der Waals surface area contributed by atoms with E-state index in [1.165, 1.54) is 0 Å². The third-order valence-corrected chi connectivity index (χ3v) is 2.13. The molecule has 1 unspecified atom stereocenters. The summed E-state index contributed by atoms with van der Waals surface area (Å²) in [6, 6.07) is 4.87. The molecule has 0 spiro atoms. The molecule has 0 fully saturated rings. The average molecular weight is 229 g/mol. The van der Waals surface area contributed by atoms with E-state index >= 15 is 0 Å². The number of nitrogens with one attached hydrogen (secondary N) is 1. The van der Waals surface area contributed by atoms with E-state index in [4.69, 9.17) is 22.1 Å². The van der Waals surface area contributed by atoms with Gasteiger partial charge in [-0.3, -0.25) is 4.79 Å². The first kappa shape index (κ1) is 11.7. The van der Waals surface area contributed by atoms with Gasteiger partial charge in [0.2, 0.25) is 0 Å². The lowest BCUT2D eigenvalue weighted by atomic mass is 10.3. The van der Waals surface area contributed by atoms with Crippen molar-refractivity contribution in [1.82, 2.24) is 5.32 Å². The average Bonchev–Trinajstić information content (AvgIpc) is 2.22. The van der Waals surface area contributed by atoms with Crippen molar-refractivity contribution < 1.29 is 9.53 Å². The van der Waals surface area contributed by atoms with Crippen LogP contribution in [0.15, 0.2) is 18.2 Å². The van der Waals surface area contributed by atoms with Crippen LogP contribution in [0, 0.1) is 0 Å². The summed E-state index contributed by atoms with van der Waals surface area (Å²) in [4.78, 5) is 11.2. The molecule has 15 heavy (non-hydrogen) atoms. The molecule has 1 atom stereocenters. The van der Waals surface area contributed by atoms with E-state index in [1.54, 1.807) is 32.2 Å². The van der Waals surface area contributed by atoms with Gasteiger partial charge in [0, 0.05) is 18.1 Å². The number of amides is 1. The highest BCUT2D eigenvalue weighted by Gasteiger charge is 2.14. The molecule has 0 bridgehead atoms. The number of anilines is 1. The molecular formula is C10H13ClN2O2. The molecule has 1 rings (SSSR count). The van der Waals surface area contributed by atoms with Crippen LogP contribution in [-0.4, -0.2) is 19.1 Å². The minimum atomic E-state index is -0.601. The molecule has 82 valence electrons. The fraction of sp³-hybridized carbons (Fsp3) is 0.300. The van der Waals surface area contributed by atoms with Crippen molar-refractivity contribution >= 4 is 23.2 Å². The highest BCUT2D eigenvalue weighted by atomic mass is 35.5. The monoisotopic (exact) mass is 228 g/mol. The van der Waals surface area contributed by atoms with Crippen molar-refractivity contribution in [2.24, 2.45) is 0 Å². The molecule has 1 amide bonds. The van der Waals surface area contributed by atoms with Crippen molar-refractivity contribution in [2.75, 3.05) is 12.8 Å². The molecule has 0 saturated heterocycles. The fourth-order valence-corrected chi connectivity index (χ4v) is 1.22. The van der Waals surface area contributed by atoms with Crippen LogP contribution in [0.3, 0.4) is 0 Å². The second-order valence-electron chi connectivity index (χ2n) is 3.06. The molecule has 0 radical (unpaired) electrons. The quantitative estimate of drug-likeness (QED) is 0.770. The second kappa shape index (κ2) is 4.89. The first-order chi connectivity index (χ1) is 7.04. The van der Waals surface area contributed by atoms with Crippen molar-refractivity contribution in [2.45, 2.75) is 13.0 Å². The van der Waals surface area contributed by atoms with Gasteiger partial charge in [-0.25, -0.2) is 0 Å². The normalized spacial score (nSPS) is 11.9. The standard InChI is InChI=1S/C10H13ClN2O2/c1-6(10(14)13-2)15-9-5-7(11)3-4-8(9)12/h3-6H,12H2,1-2H3,(H,13,14). The van der Waals surface area contributed by atoms with Gasteiger partial charge in [0.25, 0.3) is 5.91 Å². The van der Waals surface area contributed by atoms with Crippen LogP contribution in [0.5, 0.6) is 5.75 Å². The molecule has 4 nitrogen and oxygen atoms in total. The van der Waals surface area contributed by atoms with Crippen LogP contribution >= 0.6 is 11.6 Å². The van der Waals surface area contributed by atoms with Crippen molar-refractivity contribution in [3.8, 4) is 5.75 Å². The maximum Gasteiger partial charge on any atom is 0.260 e. The Morgan fingerprint density at radius 3 is 2.87 bits per heavy atom. The molecule has 0 aliphatic heterocycles. The zero-order valence-electron chi connectivity index (χ0n) is 8.58. The van der Waals surface area contributed by atoms with Gasteiger partial charge in [0.05, 0.1) is 5.69 Å². The van der Waals surface area contributed by atoms with Crippen molar-refractivity contribution in [3.63, 3.8) is 0 Å². The van der Waals surface area contributed by atoms with Crippen LogP contribution in [0.4, 0.5) is 5.69 Å². The molecular weight excluding hydrogens is 216 g/mol. The maximum absolute atomic E-state index is 11.2. The van der Waals surface area contributed by atoms with Gasteiger partial charge in [0.1, 0.15) is 5.75 Å². The summed E-state index contributed by atoms with van der Waals surface area (Å²) in [7, 11) is 1.55.